The molecule has 0 fully saturated rings. The summed E-state index contributed by atoms with van der Waals surface area (Å²) in [5.74, 6) is 0. The van der Waals surface area contributed by atoms with Gasteiger partial charge < -0.3 is 0 Å². The topological polar surface area (TPSA) is 43.6 Å². The van der Waals surface area contributed by atoms with Gasteiger partial charge in [0.2, 0.25) is 3.83 Å². The normalized spacial score (nSPS) is 10.2. The average Bonchev–Trinajstić information content (AvgIpc) is 2.31. The number of nitrogens with zero attached hydrogens (tertiary/aromatic N) is 4. The molecule has 0 atom stereocenters. The second kappa shape index (κ2) is 3.85. The first kappa shape index (κ1) is 7.90. The van der Waals surface area contributed by atoms with Crippen molar-refractivity contribution < 1.29 is 0 Å². The molecule has 1 rings (SSSR count). The number of rotatable bonds is 3. The molecule has 0 bridgehead atoms. The molecule has 0 amide bonds. The standard InChI is InChI=1S/C5H9IN4/c1-2-3-4-10-5(6)7-8-9-10/h2-4H2,1H3. The Hall–Kier alpha value is -0.200. The van der Waals surface area contributed by atoms with E-state index >= 15 is 0 Å². The molecule has 10 heavy (non-hydrogen) atoms. The fourth-order valence-electron chi connectivity index (χ4n) is 0.639. The molecule has 4 nitrogen and oxygen atoms in total. The number of aryl methyl sites for hydroxylation is 1. The van der Waals surface area contributed by atoms with Crippen LogP contribution in [0, 0.1) is 3.83 Å². The SMILES string of the molecule is CCCCn1nnnc1I. The van der Waals surface area contributed by atoms with E-state index in [-0.39, 0.29) is 0 Å². The van der Waals surface area contributed by atoms with Crippen LogP contribution in [0.15, 0.2) is 0 Å². The van der Waals surface area contributed by atoms with Crippen LogP contribution in [-0.2, 0) is 6.54 Å². The largest absolute Gasteiger partial charge is 0.221 e. The van der Waals surface area contributed by atoms with Crippen molar-refractivity contribution in [3.8, 4) is 0 Å². The van der Waals surface area contributed by atoms with Gasteiger partial charge in [0, 0.05) is 29.1 Å². The number of hydrogen-bond acceptors (Lipinski definition) is 3. The van der Waals surface area contributed by atoms with Gasteiger partial charge in [0.15, 0.2) is 0 Å². The summed E-state index contributed by atoms with van der Waals surface area (Å²) in [6, 6.07) is 0. The summed E-state index contributed by atoms with van der Waals surface area (Å²) >= 11 is 2.12. The molecule has 1 aromatic rings. The number of halogens is 1. The Bertz CT molecular complexity index is 197. The molecular weight excluding hydrogens is 243 g/mol. The van der Waals surface area contributed by atoms with Crippen LogP contribution in [0.4, 0.5) is 0 Å². The molecule has 56 valence electrons. The summed E-state index contributed by atoms with van der Waals surface area (Å²) in [7, 11) is 0. The maximum Gasteiger partial charge on any atom is 0.212 e. The lowest BCUT2D eigenvalue weighted by Gasteiger charge is -1.95. The quantitative estimate of drug-likeness (QED) is 0.756. The summed E-state index contributed by atoms with van der Waals surface area (Å²) in [5, 5.41) is 11.1. The smallest absolute Gasteiger partial charge is 0.212 e. The maximum absolute atomic E-state index is 3.80. The van der Waals surface area contributed by atoms with Crippen molar-refractivity contribution in [2.45, 2.75) is 26.3 Å². The predicted octanol–water partition coefficient (Wildman–Crippen LogP) is 1.08. The fraction of sp³-hybridized carbons (Fsp3) is 0.800. The Morgan fingerprint density at radius 2 is 2.40 bits per heavy atom. The highest BCUT2D eigenvalue weighted by atomic mass is 127. The minimum atomic E-state index is 0.867. The maximum atomic E-state index is 3.80. The number of hydrogen-bond donors (Lipinski definition) is 0. The molecule has 0 spiro atoms. The van der Waals surface area contributed by atoms with E-state index in [9.17, 15) is 0 Å². The van der Waals surface area contributed by atoms with Crippen LogP contribution >= 0.6 is 22.6 Å². The van der Waals surface area contributed by atoms with Crippen molar-refractivity contribution >= 4 is 22.6 Å². The summed E-state index contributed by atoms with van der Waals surface area (Å²) < 4.78 is 2.68. The van der Waals surface area contributed by atoms with Gasteiger partial charge in [-0.15, -0.1) is 5.10 Å². The van der Waals surface area contributed by atoms with Crippen LogP contribution in [0.5, 0.6) is 0 Å². The van der Waals surface area contributed by atoms with Crippen LogP contribution in [0.1, 0.15) is 19.8 Å². The number of aromatic nitrogens is 4. The Kier molecular flexibility index (Phi) is 3.04. The van der Waals surface area contributed by atoms with Gasteiger partial charge in [-0.05, 0) is 16.8 Å². The Morgan fingerprint density at radius 1 is 1.60 bits per heavy atom. The molecule has 0 unspecified atom stereocenters. The third-order valence-electron chi connectivity index (χ3n) is 1.21. The fourth-order valence-corrected chi connectivity index (χ4v) is 1.07. The minimum Gasteiger partial charge on any atom is -0.221 e. The van der Waals surface area contributed by atoms with E-state index in [1.165, 1.54) is 6.42 Å². The Morgan fingerprint density at radius 3 is 2.90 bits per heavy atom. The number of tetrazole rings is 1. The highest BCUT2D eigenvalue weighted by Gasteiger charge is 1.98. The zero-order valence-electron chi connectivity index (χ0n) is 5.79. The minimum absolute atomic E-state index is 0.867. The van der Waals surface area contributed by atoms with E-state index in [1.54, 1.807) is 0 Å². The van der Waals surface area contributed by atoms with Crippen molar-refractivity contribution in [2.75, 3.05) is 0 Å². The highest BCUT2D eigenvalue weighted by Crippen LogP contribution is 1.98. The lowest BCUT2D eigenvalue weighted by atomic mass is 10.3. The van der Waals surface area contributed by atoms with Crippen molar-refractivity contribution in [3.63, 3.8) is 0 Å². The second-order valence-corrected chi connectivity index (χ2v) is 2.99. The third-order valence-corrected chi connectivity index (χ3v) is 1.98. The van der Waals surface area contributed by atoms with Crippen molar-refractivity contribution in [1.82, 2.24) is 20.2 Å². The van der Waals surface area contributed by atoms with E-state index in [0.717, 1.165) is 16.8 Å². The van der Waals surface area contributed by atoms with Gasteiger partial charge in [0.25, 0.3) is 0 Å². The van der Waals surface area contributed by atoms with E-state index in [4.69, 9.17) is 0 Å². The second-order valence-electron chi connectivity index (χ2n) is 2.02. The molecule has 0 saturated carbocycles. The third kappa shape index (κ3) is 1.89. The van der Waals surface area contributed by atoms with Gasteiger partial charge in [0.1, 0.15) is 0 Å². The van der Waals surface area contributed by atoms with Gasteiger partial charge in [-0.25, -0.2) is 4.68 Å². The lowest BCUT2D eigenvalue weighted by Crippen LogP contribution is -2.02. The van der Waals surface area contributed by atoms with E-state index in [0.29, 0.717) is 0 Å². The molecule has 0 saturated heterocycles. The van der Waals surface area contributed by atoms with Gasteiger partial charge in [0.05, 0.1) is 0 Å². The molecule has 0 radical (unpaired) electrons. The van der Waals surface area contributed by atoms with E-state index in [2.05, 4.69) is 45.0 Å². The van der Waals surface area contributed by atoms with Crippen LogP contribution in [0.2, 0.25) is 0 Å². The molecule has 1 heterocycles. The molecule has 5 heteroatoms. The predicted molar refractivity (Wildman–Crippen MR) is 45.4 cm³/mol. The molecule has 0 aliphatic rings. The van der Waals surface area contributed by atoms with Gasteiger partial charge in [-0.2, -0.15) is 0 Å². The first-order valence-corrected chi connectivity index (χ1v) is 4.34. The van der Waals surface area contributed by atoms with Crippen LogP contribution < -0.4 is 0 Å². The first-order valence-electron chi connectivity index (χ1n) is 3.26. The van der Waals surface area contributed by atoms with Crippen LogP contribution in [-0.4, -0.2) is 20.2 Å². The molecule has 0 N–H and O–H groups in total. The first-order chi connectivity index (χ1) is 4.84. The van der Waals surface area contributed by atoms with Crippen molar-refractivity contribution in [3.05, 3.63) is 3.83 Å². The van der Waals surface area contributed by atoms with Gasteiger partial charge in [-0.3, -0.25) is 0 Å². The van der Waals surface area contributed by atoms with E-state index in [1.807, 2.05) is 4.68 Å². The zero-order valence-corrected chi connectivity index (χ0v) is 7.95. The Balaban J connectivity index is 2.49. The van der Waals surface area contributed by atoms with Crippen molar-refractivity contribution in [2.24, 2.45) is 0 Å². The van der Waals surface area contributed by atoms with Gasteiger partial charge >= 0.3 is 0 Å². The zero-order chi connectivity index (χ0) is 7.40. The van der Waals surface area contributed by atoms with Crippen LogP contribution in [0.25, 0.3) is 0 Å². The lowest BCUT2D eigenvalue weighted by molar-refractivity contribution is 0.543. The molecule has 0 aliphatic heterocycles. The summed E-state index contributed by atoms with van der Waals surface area (Å²) in [5.41, 5.74) is 0. The summed E-state index contributed by atoms with van der Waals surface area (Å²) in [6.07, 6.45) is 2.32. The molecule has 0 aromatic carbocycles. The van der Waals surface area contributed by atoms with E-state index < -0.39 is 0 Å². The summed E-state index contributed by atoms with van der Waals surface area (Å²) in [4.78, 5) is 0. The van der Waals surface area contributed by atoms with Gasteiger partial charge in [-0.1, -0.05) is 13.3 Å². The monoisotopic (exact) mass is 252 g/mol. The molecule has 1 aromatic heterocycles. The van der Waals surface area contributed by atoms with Crippen LogP contribution in [0.3, 0.4) is 0 Å². The Labute approximate surface area is 73.1 Å². The van der Waals surface area contributed by atoms with Crippen molar-refractivity contribution in [1.29, 1.82) is 0 Å². The molecule has 0 aliphatic carbocycles. The molecular formula is C5H9IN4. The highest BCUT2D eigenvalue weighted by molar-refractivity contribution is 14.1. The number of unbranched alkanes of at least 4 members (excludes halogenated alkanes) is 1. The summed E-state index contributed by atoms with van der Waals surface area (Å²) in [6.45, 7) is 3.08. The average molecular weight is 252 g/mol.